The fraction of sp³-hybridized carbons (Fsp3) is 0.630. The summed E-state index contributed by atoms with van der Waals surface area (Å²) in [6, 6.07) is 3.47. The number of hydrogen-bond donors (Lipinski definition) is 9. The van der Waals surface area contributed by atoms with Gasteiger partial charge < -0.3 is 84.8 Å². The fourth-order valence-corrected chi connectivity index (χ4v) is 14.9. The number of nitrogens with zero attached hydrogens (tertiary/aromatic N) is 9. The topological polar surface area (TPSA) is 483 Å². The highest BCUT2D eigenvalue weighted by Gasteiger charge is 2.37. The number of nitrogens with one attached hydrogen (secondary N) is 3. The van der Waals surface area contributed by atoms with Gasteiger partial charge in [-0.25, -0.2) is 0 Å². The minimum Gasteiger partial charge on any atom is -0.481 e. The monoisotopic (exact) mass is 1610 g/mol. The van der Waals surface area contributed by atoms with Crippen molar-refractivity contribution in [3.05, 3.63) is 95.5 Å². The van der Waals surface area contributed by atoms with Crippen LogP contribution in [0.15, 0.2) is 39.9 Å². The van der Waals surface area contributed by atoms with E-state index in [-0.39, 0.29) is 241 Å². The maximum Gasteiger partial charge on any atom is 0.320 e. The molecule has 4 bridgehead atoms. The number of ether oxygens (including phenoxy) is 2. The average Bonchev–Trinajstić information content (AvgIpc) is 0.799. The number of aliphatic carboxylic acids is 6. The molecule has 115 heavy (non-hydrogen) atoms. The Kier molecular flexibility index (Phi) is 39.4. The van der Waals surface area contributed by atoms with Gasteiger partial charge in [0.25, 0.3) is 0 Å². The van der Waals surface area contributed by atoms with E-state index in [0.29, 0.717) is 79.8 Å². The molecule has 34 nitrogen and oxygen atoms in total. The van der Waals surface area contributed by atoms with Crippen molar-refractivity contribution in [2.75, 3.05) is 108 Å². The normalized spacial score (nSPS) is 16.7. The van der Waals surface area contributed by atoms with Gasteiger partial charge in [-0.05, 0) is 185 Å². The average molecular weight is 1610 g/mol. The van der Waals surface area contributed by atoms with Crippen molar-refractivity contribution in [2.45, 2.75) is 227 Å². The Hall–Kier alpha value is -9.58. The smallest absolute Gasteiger partial charge is 0.320 e. The third kappa shape index (κ3) is 32.6. The van der Waals surface area contributed by atoms with Crippen LogP contribution in [0.1, 0.15) is 189 Å². The van der Waals surface area contributed by atoms with Crippen LogP contribution in [0.25, 0.3) is 0 Å². The van der Waals surface area contributed by atoms with E-state index in [9.17, 15) is 97.8 Å². The Balaban J connectivity index is 1.29. The maximum atomic E-state index is 13.2. The minimum atomic E-state index is -1.23. The molecule has 0 fully saturated rings. The first kappa shape index (κ1) is 94.3. The lowest BCUT2D eigenvalue weighted by atomic mass is 9.80. The van der Waals surface area contributed by atoms with Crippen LogP contribution in [0, 0.1) is 18.8 Å². The van der Waals surface area contributed by atoms with Crippen molar-refractivity contribution in [3.8, 4) is 0 Å². The van der Waals surface area contributed by atoms with E-state index in [4.69, 9.17) is 19.4 Å². The van der Waals surface area contributed by atoms with Crippen LogP contribution >= 0.6 is 0 Å². The van der Waals surface area contributed by atoms with Crippen LogP contribution in [0.4, 0.5) is 17.8 Å². The Morgan fingerprint density at radius 3 is 1.17 bits per heavy atom. The third-order valence-corrected chi connectivity index (χ3v) is 21.1. The first-order valence-corrected chi connectivity index (χ1v) is 39.7. The zero-order chi connectivity index (χ0) is 84.4. The van der Waals surface area contributed by atoms with E-state index in [2.05, 4.69) is 25.9 Å². The quantitative estimate of drug-likeness (QED) is 0.0205. The second-order valence-corrected chi connectivity index (χ2v) is 30.4. The number of carbonyl (C=O) groups is 12. The van der Waals surface area contributed by atoms with Crippen molar-refractivity contribution in [2.24, 2.45) is 11.8 Å². The number of aromatic nitrogens is 4. The molecule has 0 aliphatic carbocycles. The van der Waals surface area contributed by atoms with Crippen LogP contribution in [-0.4, -0.2) is 268 Å². The Labute approximate surface area is 669 Å². The van der Waals surface area contributed by atoms with Gasteiger partial charge >= 0.3 is 35.8 Å². The van der Waals surface area contributed by atoms with E-state index >= 15 is 0 Å². The van der Waals surface area contributed by atoms with Gasteiger partial charge in [0.15, 0.2) is 0 Å². The Bertz CT molecular complexity index is 3730. The zero-order valence-corrected chi connectivity index (χ0v) is 67.3. The van der Waals surface area contributed by atoms with E-state index < -0.39 is 88.7 Å². The molecule has 2 aromatic carbocycles. The van der Waals surface area contributed by atoms with Crippen LogP contribution in [0.5, 0.6) is 0 Å². The molecule has 0 amide bonds. The predicted octanol–water partition coefficient (Wildman–Crippen LogP) is 5.11. The molecule has 34 heteroatoms. The third-order valence-electron chi connectivity index (χ3n) is 21.1. The first-order valence-electron chi connectivity index (χ1n) is 39.7. The van der Waals surface area contributed by atoms with Crippen molar-refractivity contribution in [3.63, 3.8) is 0 Å². The summed E-state index contributed by atoms with van der Waals surface area (Å²) < 4.78 is 11.5. The summed E-state index contributed by atoms with van der Waals surface area (Å²) in [6.45, 7) is 11.6. The molecule has 6 rings (SSSR count). The predicted molar refractivity (Wildman–Crippen MR) is 423 cm³/mol. The fourth-order valence-electron chi connectivity index (χ4n) is 14.9. The molecule has 4 aromatic rings. The molecule has 0 spiro atoms. The van der Waals surface area contributed by atoms with Gasteiger partial charge in [0.2, 0.25) is 28.7 Å². The molecule has 7 atom stereocenters. The molecule has 9 N–H and O–H groups in total. The Morgan fingerprint density at radius 1 is 0.400 bits per heavy atom. The Morgan fingerprint density at radius 2 is 0.765 bits per heavy atom. The van der Waals surface area contributed by atoms with Crippen molar-refractivity contribution >= 4 is 88.4 Å². The van der Waals surface area contributed by atoms with Gasteiger partial charge in [-0.2, -0.15) is 15.0 Å². The van der Waals surface area contributed by atoms with Gasteiger partial charge in [-0.1, -0.05) is 18.2 Å². The molecule has 4 heterocycles. The highest BCUT2D eigenvalue weighted by Crippen LogP contribution is 2.31. The highest BCUT2D eigenvalue weighted by atomic mass is 16.5. The number of aryl methyl sites for hydroxylation is 2. The number of carboxylic acid groups (broad SMARTS) is 6. The number of carbonyl (C=O) groups excluding carboxylic acids is 6. The van der Waals surface area contributed by atoms with Gasteiger partial charge in [0.05, 0.1) is 37.1 Å². The number of ketones is 6. The summed E-state index contributed by atoms with van der Waals surface area (Å²) in [4.78, 5) is 203. The minimum absolute atomic E-state index is 0.00142. The molecule has 2 aliphatic rings. The summed E-state index contributed by atoms with van der Waals surface area (Å²) in [5, 5.41) is 74.0. The number of carboxylic acids is 6. The standard InChI is InChI=1S/C81H116N12O22/c1-50(94)14-20-65(73(102)103)61-26-30-89(66(74(104)105)21-15-51(2)95)31-34-91(68(76(108)109)23-17-53(4)97)47-60-42-57(41-59(43-60)44-61)11-8-27-82-79-86-80(88-81(87-79)84-29-38-115-40-39-114-37-10-13-64-56(7)71(100)72(64)101)83-28-9-12-58-45-62-48-92(69(77(110)111)24-18-54(5)98)35-32-90(67(75(106)107)22-16-52(3)96)33-36-93(49-63(46-58)85-62)70(78(112)113)25-19-55(6)99/h41-43,45-46,61,65-70H,8-40,44,47-49H2,1-7H3,(H,102,103)(H,104,105)(H,106,107)(H,108,109)(H,110,111)(H,112,113)(H3,82,83,84,86,87,88). The summed E-state index contributed by atoms with van der Waals surface area (Å²) in [6.07, 6.45) is 2.60. The summed E-state index contributed by atoms with van der Waals surface area (Å²) >= 11 is 0. The molecule has 0 saturated carbocycles. The lowest BCUT2D eigenvalue weighted by Gasteiger charge is -2.37. The van der Waals surface area contributed by atoms with E-state index in [0.717, 1.165) is 16.7 Å². The second-order valence-electron chi connectivity index (χ2n) is 30.4. The summed E-state index contributed by atoms with van der Waals surface area (Å²) in [7, 11) is 0. The van der Waals surface area contributed by atoms with Crippen LogP contribution < -0.4 is 26.8 Å². The number of rotatable bonds is 51. The van der Waals surface area contributed by atoms with E-state index in [1.165, 1.54) is 41.5 Å². The van der Waals surface area contributed by atoms with Gasteiger partial charge in [0, 0.05) is 135 Å². The number of pyridine rings is 1. The number of hydrogen-bond acceptors (Lipinski definition) is 28. The largest absolute Gasteiger partial charge is 0.481 e. The zero-order valence-electron chi connectivity index (χ0n) is 67.3. The van der Waals surface area contributed by atoms with Gasteiger partial charge in [-0.3, -0.25) is 67.8 Å². The van der Waals surface area contributed by atoms with E-state index in [1.54, 1.807) is 31.4 Å². The molecular weight excluding hydrogens is 1490 g/mol. The van der Waals surface area contributed by atoms with Crippen molar-refractivity contribution in [1.82, 2.24) is 44.4 Å². The van der Waals surface area contributed by atoms with Gasteiger partial charge in [-0.15, -0.1) is 0 Å². The summed E-state index contributed by atoms with van der Waals surface area (Å²) in [5.41, 5.74) is 3.94. The lowest BCUT2D eigenvalue weighted by molar-refractivity contribution is -0.147. The number of fused-ring (bicyclic) bond motifs is 4. The molecule has 0 radical (unpaired) electrons. The number of benzene rings is 1. The molecule has 7 unspecified atom stereocenters. The second kappa shape index (κ2) is 48.1. The van der Waals surface area contributed by atoms with Crippen molar-refractivity contribution < 1.29 is 97.6 Å². The summed E-state index contributed by atoms with van der Waals surface area (Å²) in [5.74, 6) is -9.57. The van der Waals surface area contributed by atoms with Crippen LogP contribution in [0.2, 0.25) is 0 Å². The SMILES string of the molecule is CC(=O)CCC(C(=O)O)C1CCN(C(CCC(C)=O)C(=O)O)CCN(C(CCC(C)=O)C(=O)O)Cc2cc(CCCNc3nc(NCCCc4cc5nc(c4)CN(C(CCC(C)=O)C(=O)O)CCN(C(CCC(C)=O)C(=O)O)CCN(C(CCC(C)=O)C(=O)O)C5)nc(NCCOCCOCCCc4c(C)c(=O)c4=O)n3)cc(c2)C1. The molecule has 2 aromatic heterocycles. The lowest BCUT2D eigenvalue weighted by Crippen LogP contribution is -2.52. The maximum absolute atomic E-state index is 13.2. The van der Waals surface area contributed by atoms with Crippen LogP contribution in [-0.2, 0) is 112 Å². The highest BCUT2D eigenvalue weighted by molar-refractivity contribution is 5.81. The first-order chi connectivity index (χ1) is 54.7. The van der Waals surface area contributed by atoms with Crippen molar-refractivity contribution in [1.29, 1.82) is 0 Å². The molecule has 2 aliphatic heterocycles. The van der Waals surface area contributed by atoms with Crippen LogP contribution in [0.3, 0.4) is 0 Å². The van der Waals surface area contributed by atoms with E-state index in [1.807, 2.05) is 30.3 Å². The molecule has 632 valence electrons. The molecule has 0 saturated heterocycles. The van der Waals surface area contributed by atoms with Gasteiger partial charge in [0.1, 0.15) is 64.9 Å². The number of Topliss-reactive ketones (excluding diaryl/α,β-unsaturated/α-hetero) is 6. The number of anilines is 3. The molecular formula is C81H116N12O22.